The van der Waals surface area contributed by atoms with Crippen LogP contribution in [0.4, 0.5) is 11.5 Å². The number of nitrogens with one attached hydrogen (secondary N) is 1. The fourth-order valence-corrected chi connectivity index (χ4v) is 1.73. The molecule has 0 aliphatic heterocycles. The zero-order valence-electron chi connectivity index (χ0n) is 12.2. The third-order valence-electron chi connectivity index (χ3n) is 2.84. The van der Waals surface area contributed by atoms with Gasteiger partial charge in [0.05, 0.1) is 0 Å². The van der Waals surface area contributed by atoms with Crippen LogP contribution in [0.3, 0.4) is 0 Å². The minimum absolute atomic E-state index is 0.353. The van der Waals surface area contributed by atoms with Gasteiger partial charge in [0, 0.05) is 18.4 Å². The second kappa shape index (κ2) is 7.40. The molecule has 0 aliphatic carbocycles. The van der Waals surface area contributed by atoms with E-state index in [1.54, 1.807) is 18.3 Å². The molecule has 0 amide bonds. The number of aromatic nitrogens is 1. The molecular formula is C16H19N3O2. The number of esters is 1. The molecule has 0 aliphatic rings. The van der Waals surface area contributed by atoms with Gasteiger partial charge in [0.1, 0.15) is 18.0 Å². The molecule has 1 aromatic carbocycles. The normalized spacial score (nSPS) is 10.4. The number of hydrogen-bond donors (Lipinski definition) is 1. The smallest absolute Gasteiger partial charge is 0.341 e. The van der Waals surface area contributed by atoms with Crippen LogP contribution < -0.4 is 5.32 Å². The van der Waals surface area contributed by atoms with E-state index < -0.39 is 0 Å². The van der Waals surface area contributed by atoms with Crippen molar-refractivity contribution in [1.82, 2.24) is 9.88 Å². The number of likely N-dealkylation sites (N-methyl/N-ethyl adjacent to an activating group) is 1. The highest BCUT2D eigenvalue weighted by molar-refractivity contribution is 5.95. The standard InChI is InChI=1S/C16H19N3O2/c1-19(2)11-12-21-16(20)14-9-6-10-17-15(14)18-13-7-4-3-5-8-13/h3-10H,11-12H2,1-2H3,(H,17,18). The maximum Gasteiger partial charge on any atom is 0.341 e. The first-order valence-corrected chi connectivity index (χ1v) is 6.76. The fourth-order valence-electron chi connectivity index (χ4n) is 1.73. The quantitative estimate of drug-likeness (QED) is 0.827. The Morgan fingerprint density at radius 3 is 2.67 bits per heavy atom. The van der Waals surface area contributed by atoms with Gasteiger partial charge in [-0.15, -0.1) is 0 Å². The van der Waals surface area contributed by atoms with Gasteiger partial charge < -0.3 is 15.0 Å². The van der Waals surface area contributed by atoms with E-state index in [-0.39, 0.29) is 5.97 Å². The van der Waals surface area contributed by atoms with E-state index in [2.05, 4.69) is 10.3 Å². The Morgan fingerprint density at radius 2 is 1.95 bits per heavy atom. The van der Waals surface area contributed by atoms with Gasteiger partial charge >= 0.3 is 5.97 Å². The second-order valence-electron chi connectivity index (χ2n) is 4.83. The third kappa shape index (κ3) is 4.57. The Balaban J connectivity index is 2.07. The van der Waals surface area contributed by atoms with Gasteiger partial charge in [0.25, 0.3) is 0 Å². The topological polar surface area (TPSA) is 54.5 Å². The lowest BCUT2D eigenvalue weighted by molar-refractivity contribution is 0.0482. The van der Waals surface area contributed by atoms with Crippen LogP contribution in [0.15, 0.2) is 48.7 Å². The van der Waals surface area contributed by atoms with Gasteiger partial charge in [-0.25, -0.2) is 9.78 Å². The lowest BCUT2D eigenvalue weighted by Gasteiger charge is -2.12. The summed E-state index contributed by atoms with van der Waals surface area (Å²) < 4.78 is 5.26. The van der Waals surface area contributed by atoms with E-state index >= 15 is 0 Å². The van der Waals surface area contributed by atoms with E-state index in [4.69, 9.17) is 4.74 Å². The highest BCUT2D eigenvalue weighted by Gasteiger charge is 2.13. The molecule has 1 heterocycles. The Labute approximate surface area is 124 Å². The molecule has 0 fully saturated rings. The predicted molar refractivity (Wildman–Crippen MR) is 82.8 cm³/mol. The molecule has 1 aromatic heterocycles. The Morgan fingerprint density at radius 1 is 1.19 bits per heavy atom. The summed E-state index contributed by atoms with van der Waals surface area (Å²) in [5, 5.41) is 3.13. The zero-order chi connectivity index (χ0) is 15.1. The zero-order valence-corrected chi connectivity index (χ0v) is 12.2. The van der Waals surface area contributed by atoms with Crippen LogP contribution in [0.2, 0.25) is 0 Å². The molecule has 2 aromatic rings. The van der Waals surface area contributed by atoms with Crippen molar-refractivity contribution in [2.45, 2.75) is 0 Å². The van der Waals surface area contributed by atoms with Crippen LogP contribution in [0.5, 0.6) is 0 Å². The number of rotatable bonds is 6. The Kier molecular flexibility index (Phi) is 5.29. The van der Waals surface area contributed by atoms with Crippen LogP contribution >= 0.6 is 0 Å². The molecule has 1 N–H and O–H groups in total. The highest BCUT2D eigenvalue weighted by atomic mass is 16.5. The molecule has 5 heteroatoms. The average Bonchev–Trinajstić information content (AvgIpc) is 2.48. The predicted octanol–water partition coefficient (Wildman–Crippen LogP) is 2.54. The van der Waals surface area contributed by atoms with Crippen molar-refractivity contribution in [3.8, 4) is 0 Å². The van der Waals surface area contributed by atoms with Gasteiger partial charge in [-0.2, -0.15) is 0 Å². The molecule has 0 spiro atoms. The first-order valence-electron chi connectivity index (χ1n) is 6.76. The number of benzene rings is 1. The molecule has 110 valence electrons. The van der Waals surface area contributed by atoms with Crippen molar-refractivity contribution in [3.05, 3.63) is 54.2 Å². The lowest BCUT2D eigenvalue weighted by atomic mass is 10.2. The number of hydrogen-bond acceptors (Lipinski definition) is 5. The van der Waals surface area contributed by atoms with E-state index in [1.165, 1.54) is 0 Å². The number of carbonyl (C=O) groups is 1. The molecule has 0 saturated heterocycles. The monoisotopic (exact) mass is 285 g/mol. The molecule has 5 nitrogen and oxygen atoms in total. The third-order valence-corrected chi connectivity index (χ3v) is 2.84. The van der Waals surface area contributed by atoms with Crippen LogP contribution in [0.1, 0.15) is 10.4 Å². The number of carbonyl (C=O) groups excluding carboxylic acids is 1. The largest absolute Gasteiger partial charge is 0.461 e. The minimum atomic E-state index is -0.372. The first kappa shape index (κ1) is 15.0. The van der Waals surface area contributed by atoms with Gasteiger partial charge in [-0.05, 0) is 38.4 Å². The minimum Gasteiger partial charge on any atom is -0.461 e. The van der Waals surface area contributed by atoms with Crippen molar-refractivity contribution in [2.75, 3.05) is 32.6 Å². The number of ether oxygens (including phenoxy) is 1. The highest BCUT2D eigenvalue weighted by Crippen LogP contribution is 2.18. The molecule has 0 radical (unpaired) electrons. The summed E-state index contributed by atoms with van der Waals surface area (Å²) in [4.78, 5) is 18.3. The average molecular weight is 285 g/mol. The van der Waals surface area contributed by atoms with Crippen molar-refractivity contribution in [2.24, 2.45) is 0 Å². The van der Waals surface area contributed by atoms with E-state index in [9.17, 15) is 4.79 Å². The maximum absolute atomic E-state index is 12.1. The first-order chi connectivity index (χ1) is 10.2. The summed E-state index contributed by atoms with van der Waals surface area (Å²) in [6.45, 7) is 1.04. The van der Waals surface area contributed by atoms with Crippen molar-refractivity contribution < 1.29 is 9.53 Å². The lowest BCUT2D eigenvalue weighted by Crippen LogP contribution is -2.20. The van der Waals surface area contributed by atoms with Crippen molar-refractivity contribution in [1.29, 1.82) is 0 Å². The van der Waals surface area contributed by atoms with Crippen LogP contribution in [-0.4, -0.2) is 43.1 Å². The van der Waals surface area contributed by atoms with Crippen LogP contribution in [-0.2, 0) is 4.74 Å². The number of anilines is 2. The maximum atomic E-state index is 12.1. The fraction of sp³-hybridized carbons (Fsp3) is 0.250. The molecule has 2 rings (SSSR count). The molecular weight excluding hydrogens is 266 g/mol. The van der Waals surface area contributed by atoms with Crippen molar-refractivity contribution >= 4 is 17.5 Å². The van der Waals surface area contributed by atoms with Gasteiger partial charge in [0.15, 0.2) is 0 Å². The Hall–Kier alpha value is -2.40. The Bertz CT molecular complexity index is 585. The van der Waals surface area contributed by atoms with Gasteiger partial charge in [0.2, 0.25) is 0 Å². The number of nitrogens with zero attached hydrogens (tertiary/aromatic N) is 2. The van der Waals surface area contributed by atoms with E-state index in [1.807, 2.05) is 49.3 Å². The summed E-state index contributed by atoms with van der Waals surface area (Å²) in [6, 6.07) is 13.0. The van der Waals surface area contributed by atoms with Gasteiger partial charge in [-0.1, -0.05) is 18.2 Å². The number of para-hydroxylation sites is 1. The van der Waals surface area contributed by atoms with Crippen molar-refractivity contribution in [3.63, 3.8) is 0 Å². The summed E-state index contributed by atoms with van der Waals surface area (Å²) >= 11 is 0. The second-order valence-corrected chi connectivity index (χ2v) is 4.83. The molecule has 0 unspecified atom stereocenters. The van der Waals surface area contributed by atoms with E-state index in [0.717, 1.165) is 5.69 Å². The SMILES string of the molecule is CN(C)CCOC(=O)c1cccnc1Nc1ccccc1. The molecule has 0 atom stereocenters. The summed E-state index contributed by atoms with van der Waals surface area (Å²) in [7, 11) is 3.86. The molecule has 0 bridgehead atoms. The summed E-state index contributed by atoms with van der Waals surface area (Å²) in [5.41, 5.74) is 1.30. The molecule has 0 saturated carbocycles. The number of pyridine rings is 1. The van der Waals surface area contributed by atoms with Gasteiger partial charge in [-0.3, -0.25) is 0 Å². The van der Waals surface area contributed by atoms with E-state index in [0.29, 0.717) is 24.5 Å². The van der Waals surface area contributed by atoms with Crippen LogP contribution in [0.25, 0.3) is 0 Å². The summed E-state index contributed by atoms with van der Waals surface area (Å²) in [6.07, 6.45) is 1.64. The molecule has 21 heavy (non-hydrogen) atoms. The van der Waals surface area contributed by atoms with Crippen LogP contribution in [0, 0.1) is 0 Å². The summed E-state index contributed by atoms with van der Waals surface area (Å²) in [5.74, 6) is 0.127.